The summed E-state index contributed by atoms with van der Waals surface area (Å²) in [6, 6.07) is 5.32. The maximum Gasteiger partial charge on any atom is 0.408 e. The molecule has 0 fully saturated rings. The van der Waals surface area contributed by atoms with E-state index in [1.54, 1.807) is 32.9 Å². The van der Waals surface area contributed by atoms with E-state index in [0.717, 1.165) is 5.56 Å². The zero-order chi connectivity index (χ0) is 19.0. The number of hydrogen-bond donors (Lipinski definition) is 3. The fourth-order valence-corrected chi connectivity index (χ4v) is 1.92. The third-order valence-corrected chi connectivity index (χ3v) is 2.99. The number of ether oxygens (including phenoxy) is 2. The van der Waals surface area contributed by atoms with E-state index < -0.39 is 29.6 Å². The summed E-state index contributed by atoms with van der Waals surface area (Å²) in [5.74, 6) is -1.07. The van der Waals surface area contributed by atoms with Crippen molar-refractivity contribution in [2.24, 2.45) is 0 Å². The molecule has 1 aromatic carbocycles. The summed E-state index contributed by atoms with van der Waals surface area (Å²) in [7, 11) is 1.22. The zero-order valence-electron chi connectivity index (χ0n) is 14.8. The van der Waals surface area contributed by atoms with Crippen molar-refractivity contribution in [3.63, 3.8) is 0 Å². The third-order valence-electron chi connectivity index (χ3n) is 2.99. The van der Waals surface area contributed by atoms with Gasteiger partial charge in [-0.3, -0.25) is 4.79 Å². The third kappa shape index (κ3) is 8.05. The standard InChI is InChI=1S/C17H24N2O6/c1-17(2,3)25-16(23)18-10-14(21)19-13(15(22)24-4)9-11-5-7-12(20)8-6-11/h5-8,13,20H,9-10H2,1-4H3,(H,18,23)(H,19,21). The monoisotopic (exact) mass is 352 g/mol. The van der Waals surface area contributed by atoms with Crippen LogP contribution >= 0.6 is 0 Å². The fraction of sp³-hybridized carbons (Fsp3) is 0.471. The number of benzene rings is 1. The summed E-state index contributed by atoms with van der Waals surface area (Å²) in [5.41, 5.74) is 0.0575. The number of carbonyl (C=O) groups excluding carboxylic acids is 3. The lowest BCUT2D eigenvalue weighted by atomic mass is 10.1. The molecule has 1 unspecified atom stereocenters. The van der Waals surface area contributed by atoms with E-state index in [2.05, 4.69) is 15.4 Å². The molecule has 0 saturated heterocycles. The maximum absolute atomic E-state index is 12.0. The normalized spacial score (nSPS) is 12.0. The zero-order valence-corrected chi connectivity index (χ0v) is 14.8. The molecule has 0 bridgehead atoms. The van der Waals surface area contributed by atoms with Gasteiger partial charge in [0.05, 0.1) is 7.11 Å². The molecule has 1 aromatic rings. The molecular weight excluding hydrogens is 328 g/mol. The Labute approximate surface area is 146 Å². The van der Waals surface area contributed by atoms with E-state index in [4.69, 9.17) is 4.74 Å². The number of phenols is 1. The van der Waals surface area contributed by atoms with Gasteiger partial charge in [0.25, 0.3) is 0 Å². The average Bonchev–Trinajstić information content (AvgIpc) is 2.52. The molecule has 0 radical (unpaired) electrons. The minimum absolute atomic E-state index is 0.101. The van der Waals surface area contributed by atoms with Gasteiger partial charge in [-0.05, 0) is 38.5 Å². The SMILES string of the molecule is COC(=O)C(Cc1ccc(O)cc1)NC(=O)CNC(=O)OC(C)(C)C. The molecule has 1 rings (SSSR count). The highest BCUT2D eigenvalue weighted by molar-refractivity contribution is 5.87. The van der Waals surface area contributed by atoms with Crippen molar-refractivity contribution in [1.82, 2.24) is 10.6 Å². The van der Waals surface area contributed by atoms with Crippen LogP contribution < -0.4 is 10.6 Å². The number of carbonyl (C=O) groups is 3. The van der Waals surface area contributed by atoms with E-state index in [9.17, 15) is 19.5 Å². The topological polar surface area (TPSA) is 114 Å². The van der Waals surface area contributed by atoms with Crippen LogP contribution in [-0.4, -0.2) is 48.4 Å². The molecule has 2 amide bonds. The van der Waals surface area contributed by atoms with E-state index in [1.807, 2.05) is 0 Å². The van der Waals surface area contributed by atoms with E-state index in [1.165, 1.54) is 19.2 Å². The Bertz CT molecular complexity index is 607. The Kier molecular flexibility index (Phi) is 7.22. The molecule has 3 N–H and O–H groups in total. The largest absolute Gasteiger partial charge is 0.508 e. The summed E-state index contributed by atoms with van der Waals surface area (Å²) in [5, 5.41) is 14.1. The number of hydrogen-bond acceptors (Lipinski definition) is 6. The second kappa shape index (κ2) is 8.91. The Morgan fingerprint density at radius 1 is 1.16 bits per heavy atom. The van der Waals surface area contributed by atoms with Crippen LogP contribution in [0.4, 0.5) is 4.79 Å². The molecule has 0 aliphatic heterocycles. The molecule has 25 heavy (non-hydrogen) atoms. The van der Waals surface area contributed by atoms with Gasteiger partial charge in [0.1, 0.15) is 23.9 Å². The number of methoxy groups -OCH3 is 1. The molecule has 138 valence electrons. The highest BCUT2D eigenvalue weighted by Gasteiger charge is 2.23. The number of nitrogens with one attached hydrogen (secondary N) is 2. The van der Waals surface area contributed by atoms with Gasteiger partial charge in [0, 0.05) is 6.42 Å². The van der Waals surface area contributed by atoms with Gasteiger partial charge >= 0.3 is 12.1 Å². The predicted octanol–water partition coefficient (Wildman–Crippen LogP) is 1.12. The van der Waals surface area contributed by atoms with Crippen LogP contribution in [0, 0.1) is 0 Å². The van der Waals surface area contributed by atoms with Crippen molar-refractivity contribution in [3.05, 3.63) is 29.8 Å². The van der Waals surface area contributed by atoms with Crippen molar-refractivity contribution in [2.75, 3.05) is 13.7 Å². The van der Waals surface area contributed by atoms with Gasteiger partial charge in [-0.1, -0.05) is 12.1 Å². The van der Waals surface area contributed by atoms with Crippen molar-refractivity contribution < 1.29 is 29.0 Å². The average molecular weight is 352 g/mol. The highest BCUT2D eigenvalue weighted by atomic mass is 16.6. The fourth-order valence-electron chi connectivity index (χ4n) is 1.92. The van der Waals surface area contributed by atoms with E-state index in [-0.39, 0.29) is 18.7 Å². The van der Waals surface area contributed by atoms with Crippen molar-refractivity contribution in [1.29, 1.82) is 0 Å². The summed E-state index contributed by atoms with van der Waals surface area (Å²) in [4.78, 5) is 35.3. The quantitative estimate of drug-likeness (QED) is 0.661. The van der Waals surface area contributed by atoms with Gasteiger partial charge in [0.15, 0.2) is 0 Å². The minimum atomic E-state index is -0.914. The molecule has 1 atom stereocenters. The summed E-state index contributed by atoms with van der Waals surface area (Å²) >= 11 is 0. The Morgan fingerprint density at radius 3 is 2.28 bits per heavy atom. The van der Waals surface area contributed by atoms with Crippen LogP contribution in [0.2, 0.25) is 0 Å². The first-order valence-electron chi connectivity index (χ1n) is 7.72. The summed E-state index contributed by atoms with van der Waals surface area (Å²) in [6.07, 6.45) is -0.540. The number of amides is 2. The lowest BCUT2D eigenvalue weighted by molar-refractivity contribution is -0.144. The van der Waals surface area contributed by atoms with Crippen LogP contribution in [0.15, 0.2) is 24.3 Å². The van der Waals surface area contributed by atoms with Gasteiger partial charge in [-0.25, -0.2) is 9.59 Å². The number of phenolic OH excluding ortho intramolecular Hbond substituents is 1. The van der Waals surface area contributed by atoms with E-state index >= 15 is 0 Å². The molecule has 8 heteroatoms. The molecule has 0 spiro atoms. The highest BCUT2D eigenvalue weighted by Crippen LogP contribution is 2.12. The van der Waals surface area contributed by atoms with Crippen molar-refractivity contribution in [3.8, 4) is 5.75 Å². The Hall–Kier alpha value is -2.77. The maximum atomic E-state index is 12.0. The molecule has 0 aliphatic rings. The smallest absolute Gasteiger partial charge is 0.408 e. The summed E-state index contributed by atoms with van der Waals surface area (Å²) < 4.78 is 9.71. The van der Waals surface area contributed by atoms with E-state index in [0.29, 0.717) is 0 Å². The first kappa shape index (κ1) is 20.3. The first-order valence-corrected chi connectivity index (χ1v) is 7.72. The van der Waals surface area contributed by atoms with Crippen molar-refractivity contribution in [2.45, 2.75) is 38.8 Å². The number of rotatable bonds is 6. The van der Waals surface area contributed by atoms with Crippen molar-refractivity contribution >= 4 is 18.0 Å². The molecule has 0 heterocycles. The van der Waals surface area contributed by atoms with Crippen LogP contribution in [0.1, 0.15) is 26.3 Å². The second-order valence-corrected chi connectivity index (χ2v) is 6.37. The van der Waals surface area contributed by atoms with Crippen LogP contribution in [-0.2, 0) is 25.5 Å². The molecular formula is C17H24N2O6. The minimum Gasteiger partial charge on any atom is -0.508 e. The van der Waals surface area contributed by atoms with Gasteiger partial charge < -0.3 is 25.2 Å². The van der Waals surface area contributed by atoms with Crippen LogP contribution in [0.3, 0.4) is 0 Å². The molecule has 8 nitrogen and oxygen atoms in total. The lowest BCUT2D eigenvalue weighted by Gasteiger charge is -2.20. The molecule has 0 saturated carbocycles. The molecule has 0 aliphatic carbocycles. The van der Waals surface area contributed by atoms with Crippen LogP contribution in [0.25, 0.3) is 0 Å². The molecule has 0 aromatic heterocycles. The predicted molar refractivity (Wildman–Crippen MR) is 90.0 cm³/mol. The Morgan fingerprint density at radius 2 is 1.76 bits per heavy atom. The van der Waals surface area contributed by atoms with Crippen LogP contribution in [0.5, 0.6) is 5.75 Å². The lowest BCUT2D eigenvalue weighted by Crippen LogP contribution is -2.47. The first-order chi connectivity index (χ1) is 11.6. The Balaban J connectivity index is 2.59. The number of esters is 1. The van der Waals surface area contributed by atoms with Gasteiger partial charge in [-0.2, -0.15) is 0 Å². The number of alkyl carbamates (subject to hydrolysis) is 1. The van der Waals surface area contributed by atoms with Gasteiger partial charge in [-0.15, -0.1) is 0 Å². The van der Waals surface area contributed by atoms with Gasteiger partial charge in [0.2, 0.25) is 5.91 Å². The summed E-state index contributed by atoms with van der Waals surface area (Å²) in [6.45, 7) is 4.78. The number of aromatic hydroxyl groups is 1. The second-order valence-electron chi connectivity index (χ2n) is 6.37.